The van der Waals surface area contributed by atoms with Gasteiger partial charge in [-0.15, -0.1) is 0 Å². The highest BCUT2D eigenvalue weighted by atomic mass is 16.5. The van der Waals surface area contributed by atoms with Crippen molar-refractivity contribution in [1.82, 2.24) is 19.8 Å². The molecule has 0 radical (unpaired) electrons. The second-order valence-corrected chi connectivity index (χ2v) is 8.29. The molecule has 2 bridgehead atoms. The van der Waals surface area contributed by atoms with Crippen molar-refractivity contribution in [2.24, 2.45) is 11.8 Å². The standard InChI is InChI=1S/C23H24N4O3/c1-26(12-8-17-6-2-3-11-25-17)21(28)19-18-7-9-23(30-18)15-27(22(29)20(19)23)14-16-5-4-10-24-13-16/h2-7,9-11,13,18-20H,8,12,14-15H2,1H3/t18-,19+,20-,23-/m0/s1. The van der Waals surface area contributed by atoms with Gasteiger partial charge in [0.05, 0.1) is 24.5 Å². The van der Waals surface area contributed by atoms with Gasteiger partial charge >= 0.3 is 0 Å². The van der Waals surface area contributed by atoms with Gasteiger partial charge in [-0.2, -0.15) is 0 Å². The molecular formula is C23H24N4O3. The lowest BCUT2D eigenvalue weighted by Crippen LogP contribution is -2.45. The summed E-state index contributed by atoms with van der Waals surface area (Å²) in [6.07, 6.45) is 9.52. The Labute approximate surface area is 175 Å². The molecule has 30 heavy (non-hydrogen) atoms. The predicted octanol–water partition coefficient (Wildman–Crippen LogP) is 1.46. The minimum absolute atomic E-state index is 0.0119. The molecule has 2 aromatic rings. The lowest BCUT2D eigenvalue weighted by molar-refractivity contribution is -0.142. The van der Waals surface area contributed by atoms with Crippen molar-refractivity contribution >= 4 is 11.8 Å². The maximum absolute atomic E-state index is 13.3. The van der Waals surface area contributed by atoms with Crippen LogP contribution in [-0.4, -0.2) is 63.4 Å². The van der Waals surface area contributed by atoms with E-state index in [1.165, 1.54) is 0 Å². The first-order valence-corrected chi connectivity index (χ1v) is 10.3. The number of carbonyl (C=O) groups is 2. The van der Waals surface area contributed by atoms with Gasteiger partial charge in [-0.05, 0) is 23.8 Å². The fourth-order valence-electron chi connectivity index (χ4n) is 4.90. The van der Waals surface area contributed by atoms with E-state index in [0.29, 0.717) is 26.1 Å². The van der Waals surface area contributed by atoms with Gasteiger partial charge in [0.2, 0.25) is 11.8 Å². The highest BCUT2D eigenvalue weighted by molar-refractivity contribution is 5.93. The van der Waals surface area contributed by atoms with E-state index < -0.39 is 17.4 Å². The Kier molecular flexibility index (Phi) is 4.62. The smallest absolute Gasteiger partial charge is 0.230 e. The van der Waals surface area contributed by atoms with Crippen LogP contribution in [0.4, 0.5) is 0 Å². The van der Waals surface area contributed by atoms with Gasteiger partial charge in [-0.1, -0.05) is 24.3 Å². The number of hydrogen-bond donors (Lipinski definition) is 0. The van der Waals surface area contributed by atoms with Gasteiger partial charge in [0.15, 0.2) is 0 Å². The molecule has 0 unspecified atom stereocenters. The average molecular weight is 404 g/mol. The van der Waals surface area contributed by atoms with Gasteiger partial charge in [-0.25, -0.2) is 0 Å². The lowest BCUT2D eigenvalue weighted by atomic mass is 9.76. The molecule has 7 heteroatoms. The lowest BCUT2D eigenvalue weighted by Gasteiger charge is -2.27. The summed E-state index contributed by atoms with van der Waals surface area (Å²) < 4.78 is 6.22. The summed E-state index contributed by atoms with van der Waals surface area (Å²) in [7, 11) is 1.79. The van der Waals surface area contributed by atoms with Crippen LogP contribution in [0.3, 0.4) is 0 Å². The third-order valence-corrected chi connectivity index (χ3v) is 6.37. The number of hydrogen-bond acceptors (Lipinski definition) is 5. The third-order valence-electron chi connectivity index (χ3n) is 6.37. The zero-order chi connectivity index (χ0) is 20.7. The summed E-state index contributed by atoms with van der Waals surface area (Å²) in [4.78, 5) is 38.6. The van der Waals surface area contributed by atoms with E-state index in [1.54, 1.807) is 35.4 Å². The number of likely N-dealkylation sites (tertiary alicyclic amines) is 1. The van der Waals surface area contributed by atoms with Crippen LogP contribution in [0.2, 0.25) is 0 Å². The van der Waals surface area contributed by atoms with Gasteiger partial charge in [0.25, 0.3) is 0 Å². The SMILES string of the molecule is CN(CCc1ccccn1)C(=O)[C@@H]1[C@@H]2C=C[C@@]3(CN(Cc4cccnc4)C(=O)[C@H]13)O2. The predicted molar refractivity (Wildman–Crippen MR) is 109 cm³/mol. The molecule has 5 heterocycles. The molecule has 154 valence electrons. The van der Waals surface area contributed by atoms with E-state index in [1.807, 2.05) is 42.5 Å². The number of rotatable bonds is 6. The van der Waals surface area contributed by atoms with Crippen molar-refractivity contribution in [3.05, 3.63) is 72.3 Å². The highest BCUT2D eigenvalue weighted by Crippen LogP contribution is 2.52. The van der Waals surface area contributed by atoms with Crippen LogP contribution in [0.5, 0.6) is 0 Å². The van der Waals surface area contributed by atoms with Crippen LogP contribution < -0.4 is 0 Å². The minimum Gasteiger partial charge on any atom is -0.360 e. The molecule has 2 amide bonds. The van der Waals surface area contributed by atoms with Crippen LogP contribution >= 0.6 is 0 Å². The summed E-state index contributed by atoms with van der Waals surface area (Å²) in [6.45, 7) is 1.50. The summed E-state index contributed by atoms with van der Waals surface area (Å²) in [6, 6.07) is 9.58. The molecule has 2 saturated heterocycles. The first-order valence-electron chi connectivity index (χ1n) is 10.3. The number of nitrogens with zero attached hydrogens (tertiary/aromatic N) is 4. The number of carbonyl (C=O) groups excluding carboxylic acids is 2. The van der Waals surface area contributed by atoms with E-state index >= 15 is 0 Å². The maximum atomic E-state index is 13.3. The summed E-state index contributed by atoms with van der Waals surface area (Å²) in [5.41, 5.74) is 1.22. The zero-order valence-electron chi connectivity index (χ0n) is 16.8. The first-order chi connectivity index (χ1) is 14.6. The number of fused-ring (bicyclic) bond motifs is 1. The molecular weight excluding hydrogens is 380 g/mol. The molecule has 0 N–H and O–H groups in total. The van der Waals surface area contributed by atoms with E-state index in [-0.39, 0.29) is 17.9 Å². The Morgan fingerprint density at radius 2 is 2.20 bits per heavy atom. The van der Waals surface area contributed by atoms with Crippen LogP contribution in [0.25, 0.3) is 0 Å². The normalized spacial score (nSPS) is 28.8. The minimum atomic E-state index is -0.688. The molecule has 0 aromatic carbocycles. The van der Waals surface area contributed by atoms with Gasteiger partial charge < -0.3 is 14.5 Å². The zero-order valence-corrected chi connectivity index (χ0v) is 16.8. The first kappa shape index (κ1) is 18.9. The second kappa shape index (κ2) is 7.32. The van der Waals surface area contributed by atoms with Crippen molar-refractivity contribution in [3.8, 4) is 0 Å². The third kappa shape index (κ3) is 3.10. The van der Waals surface area contributed by atoms with Crippen molar-refractivity contribution in [3.63, 3.8) is 0 Å². The fraction of sp³-hybridized carbons (Fsp3) is 0.391. The van der Waals surface area contributed by atoms with E-state index in [9.17, 15) is 9.59 Å². The second-order valence-electron chi connectivity index (χ2n) is 8.29. The molecule has 5 rings (SSSR count). The molecule has 1 spiro atoms. The Balaban J connectivity index is 1.31. The highest BCUT2D eigenvalue weighted by Gasteiger charge is 2.67. The summed E-state index contributed by atoms with van der Waals surface area (Å²) >= 11 is 0. The Morgan fingerprint density at radius 1 is 1.30 bits per heavy atom. The van der Waals surface area contributed by atoms with Crippen LogP contribution in [0, 0.1) is 11.8 Å². The van der Waals surface area contributed by atoms with Crippen molar-refractivity contribution < 1.29 is 14.3 Å². The summed E-state index contributed by atoms with van der Waals surface area (Å²) in [5.74, 6) is -0.991. The quantitative estimate of drug-likeness (QED) is 0.682. The van der Waals surface area contributed by atoms with Crippen LogP contribution in [0.1, 0.15) is 11.3 Å². The molecule has 4 atom stereocenters. The molecule has 0 aliphatic carbocycles. The maximum Gasteiger partial charge on any atom is 0.230 e. The van der Waals surface area contributed by atoms with Crippen molar-refractivity contribution in [2.75, 3.05) is 20.1 Å². The molecule has 2 aromatic heterocycles. The molecule has 7 nitrogen and oxygen atoms in total. The largest absolute Gasteiger partial charge is 0.360 e. The van der Waals surface area contributed by atoms with Gasteiger partial charge in [-0.3, -0.25) is 19.6 Å². The molecule has 3 aliphatic heterocycles. The molecule has 2 fully saturated rings. The summed E-state index contributed by atoms with van der Waals surface area (Å²) in [5, 5.41) is 0. The molecule has 0 saturated carbocycles. The average Bonchev–Trinajstić information content (AvgIpc) is 3.41. The Morgan fingerprint density at radius 3 is 2.97 bits per heavy atom. The van der Waals surface area contributed by atoms with Crippen molar-refractivity contribution in [2.45, 2.75) is 24.7 Å². The van der Waals surface area contributed by atoms with Crippen LogP contribution in [-0.2, 0) is 27.3 Å². The number of aromatic nitrogens is 2. The van der Waals surface area contributed by atoms with E-state index in [4.69, 9.17) is 4.74 Å². The Bertz CT molecular complexity index is 980. The van der Waals surface area contributed by atoms with Gasteiger partial charge in [0, 0.05) is 50.8 Å². The number of pyridine rings is 2. The van der Waals surface area contributed by atoms with Gasteiger partial charge in [0.1, 0.15) is 5.60 Å². The van der Waals surface area contributed by atoms with E-state index in [2.05, 4.69) is 9.97 Å². The van der Waals surface area contributed by atoms with Crippen LogP contribution in [0.15, 0.2) is 61.1 Å². The molecule has 3 aliphatic rings. The topological polar surface area (TPSA) is 75.6 Å². The number of amides is 2. The van der Waals surface area contributed by atoms with E-state index in [0.717, 1.165) is 11.3 Å². The fourth-order valence-corrected chi connectivity index (χ4v) is 4.90. The number of likely N-dealkylation sites (N-methyl/N-ethyl adjacent to an activating group) is 1. The Hall–Kier alpha value is -3.06. The van der Waals surface area contributed by atoms with Crippen molar-refractivity contribution in [1.29, 1.82) is 0 Å². The number of ether oxygens (including phenoxy) is 1. The monoisotopic (exact) mass is 404 g/mol.